The van der Waals surface area contributed by atoms with E-state index in [0.29, 0.717) is 25.9 Å². The van der Waals surface area contributed by atoms with Crippen LogP contribution in [0.2, 0.25) is 0 Å². The summed E-state index contributed by atoms with van der Waals surface area (Å²) in [5, 5.41) is 11.8. The van der Waals surface area contributed by atoms with Crippen LogP contribution in [0.4, 0.5) is 4.79 Å². The Morgan fingerprint density at radius 2 is 1.79 bits per heavy atom. The van der Waals surface area contributed by atoms with Crippen LogP contribution in [-0.4, -0.2) is 28.6 Å². The molecule has 1 fully saturated rings. The second-order valence-corrected chi connectivity index (χ2v) is 5.37. The van der Waals surface area contributed by atoms with Crippen LogP contribution >= 0.6 is 0 Å². The highest BCUT2D eigenvalue weighted by Gasteiger charge is 2.50. The average molecular weight is 260 g/mol. The second kappa shape index (κ2) is 4.26. The van der Waals surface area contributed by atoms with Crippen molar-refractivity contribution in [3.8, 4) is 0 Å². The van der Waals surface area contributed by atoms with Crippen molar-refractivity contribution < 1.29 is 14.7 Å². The van der Waals surface area contributed by atoms with Gasteiger partial charge in [0, 0.05) is 19.6 Å². The van der Waals surface area contributed by atoms with Gasteiger partial charge < -0.3 is 15.3 Å². The van der Waals surface area contributed by atoms with E-state index in [4.69, 9.17) is 5.11 Å². The molecular weight excluding hydrogens is 244 g/mol. The molecule has 2 amide bonds. The molecule has 2 aliphatic rings. The highest BCUT2D eigenvalue weighted by Crippen LogP contribution is 2.45. The third kappa shape index (κ3) is 2.16. The molecule has 0 spiro atoms. The number of benzene rings is 1. The van der Waals surface area contributed by atoms with Crippen molar-refractivity contribution >= 4 is 12.0 Å². The van der Waals surface area contributed by atoms with Gasteiger partial charge in [0.15, 0.2) is 0 Å². The van der Waals surface area contributed by atoms with Crippen molar-refractivity contribution in [3.63, 3.8) is 0 Å². The van der Waals surface area contributed by atoms with Crippen LogP contribution in [0.5, 0.6) is 0 Å². The summed E-state index contributed by atoms with van der Waals surface area (Å²) in [6.45, 7) is 1.43. The standard InChI is InChI=1S/C14H16N2O3/c17-12(18)14(5-6-14)9-15-13(19)16-7-10-3-1-2-4-11(10)8-16/h1-4H,5-9H2,(H,15,19)(H,17,18). The Morgan fingerprint density at radius 3 is 2.26 bits per heavy atom. The second-order valence-electron chi connectivity index (χ2n) is 5.37. The molecule has 2 N–H and O–H groups in total. The monoisotopic (exact) mass is 260 g/mol. The first-order chi connectivity index (χ1) is 9.11. The zero-order valence-corrected chi connectivity index (χ0v) is 10.6. The van der Waals surface area contributed by atoms with E-state index in [9.17, 15) is 9.59 Å². The van der Waals surface area contributed by atoms with Crippen molar-refractivity contribution in [1.29, 1.82) is 0 Å². The van der Waals surface area contributed by atoms with E-state index in [2.05, 4.69) is 5.32 Å². The minimum atomic E-state index is -0.808. The Morgan fingerprint density at radius 1 is 1.21 bits per heavy atom. The summed E-state index contributed by atoms with van der Waals surface area (Å²) in [7, 11) is 0. The summed E-state index contributed by atoms with van der Waals surface area (Å²) >= 11 is 0. The smallest absolute Gasteiger partial charge is 0.318 e. The lowest BCUT2D eigenvalue weighted by Crippen LogP contribution is -2.41. The molecule has 0 atom stereocenters. The first kappa shape index (κ1) is 12.0. The number of rotatable bonds is 3. The SMILES string of the molecule is O=C(NCC1(C(=O)O)CC1)N1Cc2ccccc2C1. The van der Waals surface area contributed by atoms with Crippen LogP contribution < -0.4 is 5.32 Å². The molecule has 0 bridgehead atoms. The van der Waals surface area contributed by atoms with Crippen molar-refractivity contribution in [2.24, 2.45) is 5.41 Å². The number of fused-ring (bicyclic) bond motifs is 1. The fraction of sp³-hybridized carbons (Fsp3) is 0.429. The van der Waals surface area contributed by atoms with Gasteiger partial charge in [-0.15, -0.1) is 0 Å². The molecule has 5 heteroatoms. The number of carboxylic acids is 1. The quantitative estimate of drug-likeness (QED) is 0.866. The predicted octanol–water partition coefficient (Wildman–Crippen LogP) is 1.58. The Kier molecular flexibility index (Phi) is 2.69. The molecule has 1 aromatic carbocycles. The molecule has 5 nitrogen and oxygen atoms in total. The maximum absolute atomic E-state index is 12.0. The molecule has 1 aliphatic carbocycles. The van der Waals surface area contributed by atoms with Gasteiger partial charge in [-0.3, -0.25) is 4.79 Å². The lowest BCUT2D eigenvalue weighted by atomic mass is 10.1. The molecule has 3 rings (SSSR count). The molecule has 0 unspecified atom stereocenters. The van der Waals surface area contributed by atoms with E-state index < -0.39 is 11.4 Å². The number of urea groups is 1. The predicted molar refractivity (Wildman–Crippen MR) is 68.4 cm³/mol. The number of hydrogen-bond donors (Lipinski definition) is 2. The van der Waals surface area contributed by atoms with Crippen LogP contribution in [0.1, 0.15) is 24.0 Å². The van der Waals surface area contributed by atoms with Gasteiger partial charge in [-0.1, -0.05) is 24.3 Å². The molecule has 0 radical (unpaired) electrons. The topological polar surface area (TPSA) is 69.6 Å². The Hall–Kier alpha value is -2.04. The Labute approximate surface area is 111 Å². The van der Waals surface area contributed by atoms with E-state index in [-0.39, 0.29) is 12.6 Å². The summed E-state index contributed by atoms with van der Waals surface area (Å²) < 4.78 is 0. The van der Waals surface area contributed by atoms with Crippen LogP contribution in [0, 0.1) is 5.41 Å². The van der Waals surface area contributed by atoms with Gasteiger partial charge in [-0.25, -0.2) is 4.79 Å². The Balaban J connectivity index is 1.57. The van der Waals surface area contributed by atoms with Crippen molar-refractivity contribution in [1.82, 2.24) is 10.2 Å². The summed E-state index contributed by atoms with van der Waals surface area (Å²) in [5.74, 6) is -0.808. The van der Waals surface area contributed by atoms with E-state index >= 15 is 0 Å². The van der Waals surface area contributed by atoms with Crippen molar-refractivity contribution in [2.45, 2.75) is 25.9 Å². The van der Waals surface area contributed by atoms with Gasteiger partial charge in [0.05, 0.1) is 5.41 Å². The lowest BCUT2D eigenvalue weighted by molar-refractivity contribution is -0.143. The van der Waals surface area contributed by atoms with Crippen molar-refractivity contribution in [2.75, 3.05) is 6.54 Å². The normalized spacial score (nSPS) is 18.8. The first-order valence-corrected chi connectivity index (χ1v) is 6.44. The average Bonchev–Trinajstić information content (AvgIpc) is 3.07. The minimum absolute atomic E-state index is 0.177. The van der Waals surface area contributed by atoms with Gasteiger partial charge in [0.25, 0.3) is 0 Å². The Bertz CT molecular complexity index is 512. The summed E-state index contributed by atoms with van der Waals surface area (Å²) in [4.78, 5) is 24.8. The van der Waals surface area contributed by atoms with E-state index in [0.717, 1.165) is 11.1 Å². The summed E-state index contributed by atoms with van der Waals surface area (Å²) in [6, 6.07) is 7.78. The van der Waals surface area contributed by atoms with Gasteiger partial charge in [-0.2, -0.15) is 0 Å². The molecule has 1 heterocycles. The van der Waals surface area contributed by atoms with E-state index in [1.165, 1.54) is 0 Å². The molecular formula is C14H16N2O3. The molecule has 0 saturated heterocycles. The fourth-order valence-electron chi connectivity index (χ4n) is 2.45. The molecule has 1 aliphatic heterocycles. The van der Waals surface area contributed by atoms with Crippen molar-refractivity contribution in [3.05, 3.63) is 35.4 Å². The van der Waals surface area contributed by atoms with Crippen LogP contribution in [0.25, 0.3) is 0 Å². The third-order valence-electron chi connectivity index (χ3n) is 4.01. The number of nitrogens with one attached hydrogen (secondary N) is 1. The zero-order chi connectivity index (χ0) is 13.5. The largest absolute Gasteiger partial charge is 0.481 e. The van der Waals surface area contributed by atoms with E-state index in [1.807, 2.05) is 24.3 Å². The fourth-order valence-corrected chi connectivity index (χ4v) is 2.45. The van der Waals surface area contributed by atoms with Gasteiger partial charge >= 0.3 is 12.0 Å². The molecule has 100 valence electrons. The molecule has 1 aromatic rings. The molecule has 1 saturated carbocycles. The molecule has 19 heavy (non-hydrogen) atoms. The number of aliphatic carboxylic acids is 1. The maximum atomic E-state index is 12.0. The number of carbonyl (C=O) groups is 2. The number of nitrogens with zero attached hydrogens (tertiary/aromatic N) is 1. The van der Waals surface area contributed by atoms with Crippen LogP contribution in [-0.2, 0) is 17.9 Å². The zero-order valence-electron chi connectivity index (χ0n) is 10.6. The van der Waals surface area contributed by atoms with E-state index in [1.54, 1.807) is 4.90 Å². The highest BCUT2D eigenvalue weighted by molar-refractivity contribution is 5.80. The number of carbonyl (C=O) groups excluding carboxylic acids is 1. The number of hydrogen-bond acceptors (Lipinski definition) is 2. The minimum Gasteiger partial charge on any atom is -0.481 e. The summed E-state index contributed by atoms with van der Waals surface area (Å²) in [6.07, 6.45) is 1.31. The lowest BCUT2D eigenvalue weighted by Gasteiger charge is -2.18. The van der Waals surface area contributed by atoms with Crippen LogP contribution in [0.15, 0.2) is 24.3 Å². The summed E-state index contributed by atoms with van der Waals surface area (Å²) in [5.41, 5.74) is 1.62. The number of amides is 2. The third-order valence-corrected chi connectivity index (χ3v) is 4.01. The first-order valence-electron chi connectivity index (χ1n) is 6.44. The van der Waals surface area contributed by atoms with Gasteiger partial charge in [0.1, 0.15) is 0 Å². The van der Waals surface area contributed by atoms with Gasteiger partial charge in [0.2, 0.25) is 0 Å². The molecule has 0 aromatic heterocycles. The van der Waals surface area contributed by atoms with Crippen LogP contribution in [0.3, 0.4) is 0 Å². The maximum Gasteiger partial charge on any atom is 0.318 e. The van der Waals surface area contributed by atoms with Gasteiger partial charge in [-0.05, 0) is 24.0 Å². The number of carboxylic acid groups (broad SMARTS) is 1. The highest BCUT2D eigenvalue weighted by atomic mass is 16.4.